The highest BCUT2D eigenvalue weighted by molar-refractivity contribution is 4.93. The van der Waals surface area contributed by atoms with E-state index >= 15 is 0 Å². The fraction of sp³-hybridized carbons (Fsp3) is 1.00. The molecule has 0 nitrogen and oxygen atoms in total. The molecule has 1 saturated carbocycles. The van der Waals surface area contributed by atoms with Gasteiger partial charge in [-0.2, -0.15) is 0 Å². The van der Waals surface area contributed by atoms with Gasteiger partial charge in [-0.1, -0.05) is 27.7 Å². The van der Waals surface area contributed by atoms with E-state index in [0.717, 1.165) is 19.3 Å². The van der Waals surface area contributed by atoms with Crippen molar-refractivity contribution in [3.8, 4) is 0 Å². The summed E-state index contributed by atoms with van der Waals surface area (Å²) in [4.78, 5) is 0. The Balaban J connectivity index is 2.75. The van der Waals surface area contributed by atoms with Crippen LogP contribution in [0.2, 0.25) is 0 Å². The highest BCUT2D eigenvalue weighted by Gasteiger charge is 2.43. The molecule has 1 unspecified atom stereocenters. The van der Waals surface area contributed by atoms with Crippen LogP contribution < -0.4 is 0 Å². The van der Waals surface area contributed by atoms with E-state index in [2.05, 4.69) is 27.7 Å². The lowest BCUT2D eigenvalue weighted by molar-refractivity contribution is 0.109. The van der Waals surface area contributed by atoms with E-state index < -0.39 is 6.17 Å². The maximum absolute atomic E-state index is 13.1. The molecule has 1 aliphatic rings. The highest BCUT2D eigenvalue weighted by atomic mass is 19.1. The van der Waals surface area contributed by atoms with Crippen LogP contribution >= 0.6 is 0 Å². The molecule has 0 spiro atoms. The molecule has 0 aromatic carbocycles. The summed E-state index contributed by atoms with van der Waals surface area (Å²) in [5.41, 5.74) is 0.291. The second-order valence-electron chi connectivity index (χ2n) is 4.88. The van der Waals surface area contributed by atoms with Gasteiger partial charge in [0.25, 0.3) is 0 Å². The van der Waals surface area contributed by atoms with Gasteiger partial charge in [0.15, 0.2) is 0 Å². The smallest absolute Gasteiger partial charge is 0.101 e. The first-order valence-electron chi connectivity index (χ1n) is 5.13. The van der Waals surface area contributed by atoms with E-state index in [9.17, 15) is 4.39 Å². The molecule has 0 heterocycles. The van der Waals surface area contributed by atoms with E-state index in [1.165, 1.54) is 0 Å². The van der Waals surface area contributed by atoms with Crippen LogP contribution in [0.4, 0.5) is 4.39 Å². The van der Waals surface area contributed by atoms with Crippen LogP contribution in [0.25, 0.3) is 0 Å². The van der Waals surface area contributed by atoms with E-state index in [-0.39, 0.29) is 0 Å². The maximum Gasteiger partial charge on any atom is 0.101 e. The van der Waals surface area contributed by atoms with E-state index in [1.54, 1.807) is 0 Å². The molecule has 1 fully saturated rings. The average Bonchev–Trinajstić information content (AvgIpc) is 2.32. The average molecular weight is 172 g/mol. The molecule has 12 heavy (non-hydrogen) atoms. The fourth-order valence-corrected chi connectivity index (χ4v) is 2.76. The topological polar surface area (TPSA) is 0 Å². The zero-order chi connectivity index (χ0) is 9.35. The Morgan fingerprint density at radius 3 is 1.83 bits per heavy atom. The maximum atomic E-state index is 13.1. The Labute approximate surface area is 75.5 Å². The molecule has 72 valence electrons. The van der Waals surface area contributed by atoms with Gasteiger partial charge in [0.2, 0.25) is 0 Å². The SMILES string of the molecule is CC(C)C1(C(C)C)CCC(F)C1. The van der Waals surface area contributed by atoms with Crippen LogP contribution in [0.1, 0.15) is 47.0 Å². The molecule has 0 bridgehead atoms. The summed E-state index contributed by atoms with van der Waals surface area (Å²) >= 11 is 0. The lowest BCUT2D eigenvalue weighted by Crippen LogP contribution is -2.30. The van der Waals surface area contributed by atoms with Crippen LogP contribution in [0.5, 0.6) is 0 Å². The summed E-state index contributed by atoms with van der Waals surface area (Å²) in [5.74, 6) is 1.25. The normalized spacial score (nSPS) is 28.8. The van der Waals surface area contributed by atoms with E-state index in [0.29, 0.717) is 17.3 Å². The first kappa shape index (κ1) is 10.0. The molecule has 0 amide bonds. The molecule has 0 aliphatic heterocycles. The van der Waals surface area contributed by atoms with Gasteiger partial charge in [0, 0.05) is 0 Å². The summed E-state index contributed by atoms with van der Waals surface area (Å²) in [7, 11) is 0. The second-order valence-corrected chi connectivity index (χ2v) is 4.88. The van der Waals surface area contributed by atoms with Gasteiger partial charge in [0.1, 0.15) is 6.17 Å². The monoisotopic (exact) mass is 172 g/mol. The second kappa shape index (κ2) is 3.35. The Bertz CT molecular complexity index is 141. The Kier molecular flexibility index (Phi) is 2.80. The quantitative estimate of drug-likeness (QED) is 0.594. The molecule has 0 aromatic rings. The van der Waals surface area contributed by atoms with Crippen molar-refractivity contribution in [2.45, 2.75) is 53.1 Å². The minimum atomic E-state index is -0.533. The summed E-state index contributed by atoms with van der Waals surface area (Å²) in [5, 5.41) is 0. The number of hydrogen-bond acceptors (Lipinski definition) is 0. The van der Waals surface area contributed by atoms with Crippen molar-refractivity contribution in [1.82, 2.24) is 0 Å². The molecular weight excluding hydrogens is 151 g/mol. The van der Waals surface area contributed by atoms with E-state index in [4.69, 9.17) is 0 Å². The van der Waals surface area contributed by atoms with Crippen LogP contribution in [0.15, 0.2) is 0 Å². The summed E-state index contributed by atoms with van der Waals surface area (Å²) in [6, 6.07) is 0. The van der Waals surface area contributed by atoms with Gasteiger partial charge in [-0.15, -0.1) is 0 Å². The minimum Gasteiger partial charge on any atom is -0.247 e. The third-order valence-electron chi connectivity index (χ3n) is 3.82. The number of rotatable bonds is 2. The van der Waals surface area contributed by atoms with Crippen molar-refractivity contribution in [1.29, 1.82) is 0 Å². The zero-order valence-electron chi connectivity index (χ0n) is 8.73. The first-order valence-corrected chi connectivity index (χ1v) is 5.13. The third kappa shape index (κ3) is 1.51. The van der Waals surface area contributed by atoms with Crippen molar-refractivity contribution < 1.29 is 4.39 Å². The Morgan fingerprint density at radius 1 is 1.17 bits per heavy atom. The van der Waals surface area contributed by atoms with Crippen molar-refractivity contribution >= 4 is 0 Å². The number of halogens is 1. The molecular formula is C11H21F. The summed E-state index contributed by atoms with van der Waals surface area (Å²) < 4.78 is 13.1. The summed E-state index contributed by atoms with van der Waals surface area (Å²) in [6.07, 6.45) is 2.14. The van der Waals surface area contributed by atoms with Crippen LogP contribution in [0, 0.1) is 17.3 Å². The summed E-state index contributed by atoms with van der Waals surface area (Å²) in [6.45, 7) is 8.94. The Morgan fingerprint density at radius 2 is 1.67 bits per heavy atom. The lowest BCUT2D eigenvalue weighted by Gasteiger charge is -2.37. The molecule has 1 atom stereocenters. The van der Waals surface area contributed by atoms with Gasteiger partial charge >= 0.3 is 0 Å². The van der Waals surface area contributed by atoms with Gasteiger partial charge in [-0.3, -0.25) is 0 Å². The third-order valence-corrected chi connectivity index (χ3v) is 3.82. The lowest BCUT2D eigenvalue weighted by atomic mass is 9.68. The molecule has 0 N–H and O–H groups in total. The predicted octanol–water partition coefficient (Wildman–Crippen LogP) is 3.81. The fourth-order valence-electron chi connectivity index (χ4n) is 2.76. The van der Waals surface area contributed by atoms with Crippen molar-refractivity contribution in [3.63, 3.8) is 0 Å². The zero-order valence-corrected chi connectivity index (χ0v) is 8.73. The number of hydrogen-bond donors (Lipinski definition) is 0. The molecule has 1 heteroatoms. The molecule has 1 aliphatic carbocycles. The highest BCUT2D eigenvalue weighted by Crippen LogP contribution is 2.50. The van der Waals surface area contributed by atoms with Gasteiger partial charge in [0.05, 0.1) is 0 Å². The minimum absolute atomic E-state index is 0.291. The first-order chi connectivity index (χ1) is 5.49. The molecule has 0 saturated heterocycles. The van der Waals surface area contributed by atoms with Gasteiger partial charge in [-0.05, 0) is 36.5 Å². The molecule has 0 radical (unpaired) electrons. The van der Waals surface area contributed by atoms with Crippen molar-refractivity contribution in [3.05, 3.63) is 0 Å². The number of alkyl halides is 1. The van der Waals surface area contributed by atoms with Gasteiger partial charge in [-0.25, -0.2) is 4.39 Å². The standard InChI is InChI=1S/C11H21F/c1-8(2)11(9(3)4)6-5-10(12)7-11/h8-10H,5-7H2,1-4H3. The largest absolute Gasteiger partial charge is 0.247 e. The van der Waals surface area contributed by atoms with E-state index in [1.807, 2.05) is 0 Å². The van der Waals surface area contributed by atoms with Crippen LogP contribution in [-0.2, 0) is 0 Å². The molecule has 0 aromatic heterocycles. The predicted molar refractivity (Wildman–Crippen MR) is 50.9 cm³/mol. The van der Waals surface area contributed by atoms with Gasteiger partial charge < -0.3 is 0 Å². The molecule has 1 rings (SSSR count). The van der Waals surface area contributed by atoms with Crippen LogP contribution in [0.3, 0.4) is 0 Å². The van der Waals surface area contributed by atoms with Crippen molar-refractivity contribution in [2.75, 3.05) is 0 Å². The van der Waals surface area contributed by atoms with Crippen LogP contribution in [-0.4, -0.2) is 6.17 Å². The Hall–Kier alpha value is -0.0700. The van der Waals surface area contributed by atoms with Crippen molar-refractivity contribution in [2.24, 2.45) is 17.3 Å².